The van der Waals surface area contributed by atoms with E-state index in [-0.39, 0.29) is 6.61 Å². The first-order valence-corrected chi connectivity index (χ1v) is 3.41. The first-order valence-electron chi connectivity index (χ1n) is 3.41. The van der Waals surface area contributed by atoms with Crippen molar-refractivity contribution < 1.29 is 5.11 Å². The van der Waals surface area contributed by atoms with Gasteiger partial charge in [0.05, 0.1) is 6.61 Å². The predicted octanol–water partition coefficient (Wildman–Crippen LogP) is -1.37. The van der Waals surface area contributed by atoms with Crippen LogP contribution in [0.3, 0.4) is 0 Å². The lowest BCUT2D eigenvalue weighted by Crippen LogP contribution is -2.38. The second-order valence-electron chi connectivity index (χ2n) is 2.16. The molecule has 0 amide bonds. The SMILES string of the molecule is NNC1=CC=NCN1CCO. The molecule has 11 heavy (non-hydrogen) atoms. The molecule has 4 N–H and O–H groups in total. The highest BCUT2D eigenvalue weighted by Gasteiger charge is 2.07. The van der Waals surface area contributed by atoms with Crippen LogP contribution >= 0.6 is 0 Å². The highest BCUT2D eigenvalue weighted by molar-refractivity contribution is 5.72. The molecule has 5 nitrogen and oxygen atoms in total. The quantitative estimate of drug-likeness (QED) is 0.348. The van der Waals surface area contributed by atoms with Gasteiger partial charge >= 0.3 is 0 Å². The number of nitrogens with zero attached hydrogens (tertiary/aromatic N) is 2. The molecule has 1 aliphatic rings. The van der Waals surface area contributed by atoms with E-state index in [2.05, 4.69) is 10.4 Å². The molecule has 1 aliphatic heterocycles. The standard InChI is InChI=1S/C6H12N4O/c7-9-6-1-2-8-5-10(6)3-4-11/h1-2,9,11H,3-5,7H2. The Hall–Kier alpha value is -1.07. The van der Waals surface area contributed by atoms with Crippen LogP contribution in [0.15, 0.2) is 16.9 Å². The zero-order valence-electron chi connectivity index (χ0n) is 6.20. The van der Waals surface area contributed by atoms with E-state index < -0.39 is 0 Å². The Morgan fingerprint density at radius 2 is 2.64 bits per heavy atom. The number of hydrogen-bond acceptors (Lipinski definition) is 5. The maximum absolute atomic E-state index is 8.64. The molecule has 0 bridgehead atoms. The van der Waals surface area contributed by atoms with E-state index in [0.29, 0.717) is 13.2 Å². The van der Waals surface area contributed by atoms with Gasteiger partial charge in [0, 0.05) is 12.8 Å². The Balaban J connectivity index is 2.52. The minimum atomic E-state index is 0.106. The molecule has 0 fully saturated rings. The van der Waals surface area contributed by atoms with Gasteiger partial charge in [0.1, 0.15) is 12.5 Å². The van der Waals surface area contributed by atoms with Gasteiger partial charge in [-0.05, 0) is 6.08 Å². The summed E-state index contributed by atoms with van der Waals surface area (Å²) in [5.74, 6) is 6.01. The van der Waals surface area contributed by atoms with E-state index in [0.717, 1.165) is 5.82 Å². The molecule has 0 aromatic carbocycles. The Kier molecular flexibility index (Phi) is 2.88. The topological polar surface area (TPSA) is 73.9 Å². The molecule has 0 atom stereocenters. The van der Waals surface area contributed by atoms with Crippen LogP contribution in [0, 0.1) is 0 Å². The van der Waals surface area contributed by atoms with E-state index in [4.69, 9.17) is 10.9 Å². The van der Waals surface area contributed by atoms with Crippen LogP contribution in [0.2, 0.25) is 0 Å². The zero-order valence-corrected chi connectivity index (χ0v) is 6.20. The predicted molar refractivity (Wildman–Crippen MR) is 42.6 cm³/mol. The van der Waals surface area contributed by atoms with Gasteiger partial charge in [-0.3, -0.25) is 4.99 Å². The average Bonchev–Trinajstić information content (AvgIpc) is 2.06. The summed E-state index contributed by atoms with van der Waals surface area (Å²) >= 11 is 0. The molecule has 1 rings (SSSR count). The number of nitrogens with one attached hydrogen (secondary N) is 1. The fourth-order valence-corrected chi connectivity index (χ4v) is 0.902. The van der Waals surface area contributed by atoms with E-state index in [1.807, 2.05) is 4.90 Å². The minimum absolute atomic E-state index is 0.106. The van der Waals surface area contributed by atoms with Gasteiger partial charge in [-0.25, -0.2) is 5.84 Å². The van der Waals surface area contributed by atoms with Gasteiger partial charge in [0.15, 0.2) is 0 Å². The summed E-state index contributed by atoms with van der Waals surface area (Å²) in [7, 11) is 0. The highest BCUT2D eigenvalue weighted by Crippen LogP contribution is 2.01. The summed E-state index contributed by atoms with van der Waals surface area (Å²) in [6, 6.07) is 0. The highest BCUT2D eigenvalue weighted by atomic mass is 16.3. The summed E-state index contributed by atoms with van der Waals surface area (Å²) in [5.41, 5.74) is 2.52. The lowest BCUT2D eigenvalue weighted by atomic mass is 10.4. The number of aliphatic hydroxyl groups is 1. The Bertz CT molecular complexity index is 177. The molecule has 0 saturated heterocycles. The van der Waals surface area contributed by atoms with E-state index in [9.17, 15) is 0 Å². The third-order valence-electron chi connectivity index (χ3n) is 1.45. The summed E-state index contributed by atoms with van der Waals surface area (Å²) in [5, 5.41) is 8.64. The molecule has 62 valence electrons. The molecule has 0 spiro atoms. The molecule has 0 aromatic rings. The fraction of sp³-hybridized carbons (Fsp3) is 0.500. The van der Waals surface area contributed by atoms with Crippen LogP contribution in [-0.4, -0.2) is 36.0 Å². The summed E-state index contributed by atoms with van der Waals surface area (Å²) in [6.45, 7) is 1.21. The van der Waals surface area contributed by atoms with Crippen LogP contribution in [0.1, 0.15) is 0 Å². The third-order valence-corrected chi connectivity index (χ3v) is 1.45. The van der Waals surface area contributed by atoms with E-state index in [1.165, 1.54) is 0 Å². The maximum Gasteiger partial charge on any atom is 0.119 e. The number of aliphatic hydroxyl groups excluding tert-OH is 1. The first kappa shape index (κ1) is 8.03. The second-order valence-corrected chi connectivity index (χ2v) is 2.16. The second kappa shape index (κ2) is 3.95. The van der Waals surface area contributed by atoms with Gasteiger partial charge in [0.25, 0.3) is 0 Å². The van der Waals surface area contributed by atoms with Crippen molar-refractivity contribution in [2.24, 2.45) is 10.8 Å². The van der Waals surface area contributed by atoms with E-state index in [1.54, 1.807) is 12.3 Å². The zero-order chi connectivity index (χ0) is 8.10. The third kappa shape index (κ3) is 1.92. The van der Waals surface area contributed by atoms with Crippen molar-refractivity contribution in [1.29, 1.82) is 0 Å². The van der Waals surface area contributed by atoms with Crippen LogP contribution < -0.4 is 11.3 Å². The van der Waals surface area contributed by atoms with E-state index >= 15 is 0 Å². The molecule has 0 aliphatic carbocycles. The number of hydrogen-bond donors (Lipinski definition) is 3. The van der Waals surface area contributed by atoms with Crippen molar-refractivity contribution in [3.8, 4) is 0 Å². The largest absolute Gasteiger partial charge is 0.395 e. The van der Waals surface area contributed by atoms with Crippen LogP contribution in [0.25, 0.3) is 0 Å². The van der Waals surface area contributed by atoms with Gasteiger partial charge in [-0.1, -0.05) is 0 Å². The van der Waals surface area contributed by atoms with Crippen LogP contribution in [-0.2, 0) is 0 Å². The normalized spacial score (nSPS) is 16.5. The Labute approximate surface area is 65.2 Å². The fourth-order valence-electron chi connectivity index (χ4n) is 0.902. The smallest absolute Gasteiger partial charge is 0.119 e. The Morgan fingerprint density at radius 1 is 1.82 bits per heavy atom. The monoisotopic (exact) mass is 156 g/mol. The number of β-amino-alcohol motifs (C(OH)–C–C–N with tert-alkyl or cyclic N) is 1. The molecule has 0 unspecified atom stereocenters. The molecule has 5 heteroatoms. The van der Waals surface area contributed by atoms with Gasteiger partial charge in [0.2, 0.25) is 0 Å². The summed E-state index contributed by atoms with van der Waals surface area (Å²) in [6.07, 6.45) is 3.45. The average molecular weight is 156 g/mol. The van der Waals surface area contributed by atoms with Crippen molar-refractivity contribution in [3.63, 3.8) is 0 Å². The van der Waals surface area contributed by atoms with Crippen LogP contribution in [0.4, 0.5) is 0 Å². The van der Waals surface area contributed by atoms with Crippen molar-refractivity contribution in [1.82, 2.24) is 10.3 Å². The molecular weight excluding hydrogens is 144 g/mol. The number of hydrazine groups is 1. The van der Waals surface area contributed by atoms with Gasteiger partial charge in [-0.2, -0.15) is 0 Å². The number of allylic oxidation sites excluding steroid dienone is 1. The lowest BCUT2D eigenvalue weighted by molar-refractivity contribution is 0.221. The molecule has 0 saturated carbocycles. The lowest BCUT2D eigenvalue weighted by Gasteiger charge is -2.25. The molecular formula is C6H12N4O. The molecule has 0 aromatic heterocycles. The van der Waals surface area contributed by atoms with Crippen molar-refractivity contribution in [3.05, 3.63) is 11.9 Å². The maximum atomic E-state index is 8.64. The summed E-state index contributed by atoms with van der Waals surface area (Å²) < 4.78 is 0. The summed E-state index contributed by atoms with van der Waals surface area (Å²) in [4.78, 5) is 5.84. The first-order chi connectivity index (χ1) is 5.38. The van der Waals surface area contributed by atoms with Gasteiger partial charge in [-0.15, -0.1) is 0 Å². The van der Waals surface area contributed by atoms with Crippen molar-refractivity contribution >= 4 is 6.21 Å². The van der Waals surface area contributed by atoms with Crippen molar-refractivity contribution in [2.75, 3.05) is 19.8 Å². The van der Waals surface area contributed by atoms with Gasteiger partial charge < -0.3 is 15.4 Å². The number of nitrogens with two attached hydrogens (primary N) is 1. The van der Waals surface area contributed by atoms with Crippen molar-refractivity contribution in [2.45, 2.75) is 0 Å². The minimum Gasteiger partial charge on any atom is -0.395 e. The Morgan fingerprint density at radius 3 is 3.27 bits per heavy atom. The number of aliphatic imine (C=N–C) groups is 1. The molecule has 0 radical (unpaired) electrons. The van der Waals surface area contributed by atoms with Crippen LogP contribution in [0.5, 0.6) is 0 Å². The molecule has 1 heterocycles. The number of rotatable bonds is 3.